The Balaban J connectivity index is 2.75. The first-order chi connectivity index (χ1) is 8.23. The summed E-state index contributed by atoms with van der Waals surface area (Å²) in [5, 5.41) is 7.00. The van der Waals surface area contributed by atoms with E-state index in [0.717, 1.165) is 11.2 Å². The van der Waals surface area contributed by atoms with Crippen molar-refractivity contribution in [1.82, 2.24) is 10.3 Å². The van der Waals surface area contributed by atoms with Gasteiger partial charge in [-0.05, 0) is 26.8 Å². The van der Waals surface area contributed by atoms with Crippen molar-refractivity contribution in [2.24, 2.45) is 5.10 Å². The summed E-state index contributed by atoms with van der Waals surface area (Å²) in [6.07, 6.45) is 1.68. The number of carbonyl (C=O) groups excluding carboxylic acids is 1. The molecule has 0 bridgehead atoms. The molecule has 0 aromatic rings. The summed E-state index contributed by atoms with van der Waals surface area (Å²) < 4.78 is 18.6. The number of hydrogen-bond acceptors (Lipinski definition) is 4. The highest BCUT2D eigenvalue weighted by molar-refractivity contribution is 5.71. The lowest BCUT2D eigenvalue weighted by molar-refractivity contribution is 0.0545. The molecular weight excluding hydrogens is 237 g/mol. The number of rotatable bonds is 2. The number of alkyl carbamates (subject to hydrolysis) is 1. The van der Waals surface area contributed by atoms with E-state index in [4.69, 9.17) is 4.74 Å². The van der Waals surface area contributed by atoms with Gasteiger partial charge < -0.3 is 4.74 Å². The first-order valence-corrected chi connectivity index (χ1v) is 5.27. The molecule has 0 saturated carbocycles. The van der Waals surface area contributed by atoms with E-state index in [1.54, 1.807) is 20.8 Å². The van der Waals surface area contributed by atoms with Crippen LogP contribution in [0.3, 0.4) is 0 Å². The molecule has 0 radical (unpaired) electrons. The molecule has 98 valence electrons. The van der Waals surface area contributed by atoms with Gasteiger partial charge in [0.15, 0.2) is 5.83 Å². The second-order valence-corrected chi connectivity index (χ2v) is 4.64. The number of nitrogens with zero attached hydrogens (tertiary/aromatic N) is 2. The Hall–Kier alpha value is -2.11. The third-order valence-corrected chi connectivity index (χ3v) is 1.89. The van der Waals surface area contributed by atoms with E-state index in [1.165, 1.54) is 6.08 Å². The zero-order valence-electron chi connectivity index (χ0n) is 10.7. The Morgan fingerprint density at radius 3 is 2.67 bits per heavy atom. The van der Waals surface area contributed by atoms with Crippen molar-refractivity contribution >= 4 is 12.8 Å². The van der Waals surface area contributed by atoms with Crippen molar-refractivity contribution in [3.05, 3.63) is 36.1 Å². The Morgan fingerprint density at radius 1 is 1.56 bits per heavy atom. The van der Waals surface area contributed by atoms with Crippen molar-refractivity contribution in [1.29, 1.82) is 0 Å². The fourth-order valence-corrected chi connectivity index (χ4v) is 1.20. The number of allylic oxidation sites excluding steroid dienone is 2. The van der Waals surface area contributed by atoms with Crippen LogP contribution in [0.5, 0.6) is 0 Å². The lowest BCUT2D eigenvalue weighted by atomic mass is 10.2. The molecule has 6 heteroatoms. The summed E-state index contributed by atoms with van der Waals surface area (Å²) in [5.41, 5.74) is -0.280. The monoisotopic (exact) mass is 253 g/mol. The molecule has 0 aromatic heterocycles. The Bertz CT molecular complexity index is 447. The molecule has 1 amide bonds. The molecule has 0 aliphatic carbocycles. The molecule has 1 N–H and O–H groups in total. The summed E-state index contributed by atoms with van der Waals surface area (Å²) in [6.45, 7) is 12.1. The Kier molecular flexibility index (Phi) is 3.90. The predicted molar refractivity (Wildman–Crippen MR) is 67.2 cm³/mol. The largest absolute Gasteiger partial charge is 0.444 e. The summed E-state index contributed by atoms with van der Waals surface area (Å²) in [7, 11) is 0. The van der Waals surface area contributed by atoms with Crippen LogP contribution in [0.25, 0.3) is 0 Å². The van der Waals surface area contributed by atoms with Crippen molar-refractivity contribution < 1.29 is 13.9 Å². The van der Waals surface area contributed by atoms with Gasteiger partial charge in [-0.15, -0.1) is 0 Å². The smallest absolute Gasteiger partial charge is 0.412 e. The van der Waals surface area contributed by atoms with E-state index >= 15 is 0 Å². The van der Waals surface area contributed by atoms with Crippen LogP contribution in [0.2, 0.25) is 0 Å². The van der Waals surface area contributed by atoms with Crippen LogP contribution in [-0.4, -0.2) is 23.4 Å². The number of amides is 1. The van der Waals surface area contributed by atoms with Gasteiger partial charge in [-0.25, -0.2) is 14.2 Å². The zero-order valence-corrected chi connectivity index (χ0v) is 10.7. The van der Waals surface area contributed by atoms with E-state index < -0.39 is 17.5 Å². The predicted octanol–water partition coefficient (Wildman–Crippen LogP) is 2.65. The third kappa shape index (κ3) is 3.73. The van der Waals surface area contributed by atoms with E-state index in [-0.39, 0.29) is 5.70 Å². The highest BCUT2D eigenvalue weighted by atomic mass is 19.1. The van der Waals surface area contributed by atoms with Crippen LogP contribution in [0.4, 0.5) is 9.18 Å². The molecule has 0 saturated heterocycles. The summed E-state index contributed by atoms with van der Waals surface area (Å²) in [6, 6.07) is 0. The molecule has 0 aromatic carbocycles. The maximum Gasteiger partial charge on any atom is 0.412 e. The molecule has 1 aliphatic rings. The maximum atomic E-state index is 13.6. The molecule has 1 aliphatic heterocycles. The molecule has 0 atom stereocenters. The van der Waals surface area contributed by atoms with E-state index in [0.29, 0.717) is 5.70 Å². The van der Waals surface area contributed by atoms with Gasteiger partial charge in [0.25, 0.3) is 0 Å². The summed E-state index contributed by atoms with van der Waals surface area (Å²) in [5.74, 6) is -0.652. The van der Waals surface area contributed by atoms with Crippen molar-refractivity contribution in [2.45, 2.75) is 26.4 Å². The molecule has 0 fully saturated rings. The maximum absolute atomic E-state index is 13.6. The van der Waals surface area contributed by atoms with Crippen LogP contribution in [-0.2, 0) is 4.74 Å². The van der Waals surface area contributed by atoms with Crippen LogP contribution in [0, 0.1) is 0 Å². The van der Waals surface area contributed by atoms with E-state index in [2.05, 4.69) is 23.7 Å². The van der Waals surface area contributed by atoms with Crippen molar-refractivity contribution in [2.75, 3.05) is 0 Å². The quantitative estimate of drug-likeness (QED) is 0.770. The van der Waals surface area contributed by atoms with Gasteiger partial charge in [-0.1, -0.05) is 6.58 Å². The number of halogens is 1. The molecular formula is C12H16FN3O2. The first kappa shape index (κ1) is 14.0. The number of nitrogens with one attached hydrogen (secondary N) is 1. The highest BCUT2D eigenvalue weighted by Gasteiger charge is 2.21. The van der Waals surface area contributed by atoms with Crippen LogP contribution in [0.15, 0.2) is 41.2 Å². The number of hydrogen-bond donors (Lipinski definition) is 1. The number of hydrazone groups is 1. The molecule has 1 rings (SSSR count). The van der Waals surface area contributed by atoms with Gasteiger partial charge in [-0.2, -0.15) is 5.10 Å². The summed E-state index contributed by atoms with van der Waals surface area (Å²) >= 11 is 0. The second-order valence-electron chi connectivity index (χ2n) is 4.64. The molecule has 18 heavy (non-hydrogen) atoms. The molecule has 1 heterocycles. The van der Waals surface area contributed by atoms with Crippen LogP contribution in [0.1, 0.15) is 20.8 Å². The van der Waals surface area contributed by atoms with Gasteiger partial charge in [0.1, 0.15) is 5.60 Å². The van der Waals surface area contributed by atoms with E-state index in [1.807, 2.05) is 0 Å². The standard InChI is InChI=1S/C12H16FN3O2/c1-8-6-10(9(13)7-16(8)14-5)15-11(17)18-12(2,3)4/h6-7H,1,5H2,2-4H3,(H,15,17). The fourth-order valence-electron chi connectivity index (χ4n) is 1.20. The van der Waals surface area contributed by atoms with Gasteiger partial charge in [0.2, 0.25) is 0 Å². The van der Waals surface area contributed by atoms with Crippen LogP contribution < -0.4 is 5.32 Å². The first-order valence-electron chi connectivity index (χ1n) is 5.27. The molecule has 0 unspecified atom stereocenters. The minimum Gasteiger partial charge on any atom is -0.444 e. The van der Waals surface area contributed by atoms with Crippen molar-refractivity contribution in [3.8, 4) is 0 Å². The lowest BCUT2D eigenvalue weighted by Gasteiger charge is -2.23. The topological polar surface area (TPSA) is 53.9 Å². The minimum atomic E-state index is -0.731. The average Bonchev–Trinajstić information content (AvgIpc) is 2.20. The fraction of sp³-hybridized carbons (Fsp3) is 0.333. The summed E-state index contributed by atoms with van der Waals surface area (Å²) in [4.78, 5) is 11.5. The van der Waals surface area contributed by atoms with Crippen LogP contribution >= 0.6 is 0 Å². The van der Waals surface area contributed by atoms with E-state index in [9.17, 15) is 9.18 Å². The van der Waals surface area contributed by atoms with Gasteiger partial charge in [-0.3, -0.25) is 5.32 Å². The lowest BCUT2D eigenvalue weighted by Crippen LogP contribution is -2.33. The average molecular weight is 253 g/mol. The molecule has 0 spiro atoms. The minimum absolute atomic E-state index is 0.0193. The third-order valence-electron chi connectivity index (χ3n) is 1.89. The second kappa shape index (κ2) is 5.03. The number of ether oxygens (including phenoxy) is 1. The zero-order chi connectivity index (χ0) is 13.9. The van der Waals surface area contributed by atoms with Gasteiger partial charge >= 0.3 is 6.09 Å². The van der Waals surface area contributed by atoms with Crippen molar-refractivity contribution in [3.63, 3.8) is 0 Å². The molecule has 5 nitrogen and oxygen atoms in total. The number of carbonyl (C=O) groups is 1. The SMILES string of the molecule is C=NN1C=C(F)C(NC(=O)OC(C)(C)C)=CC1=C. The normalized spacial score (nSPS) is 15.8. The Labute approximate surface area is 105 Å². The van der Waals surface area contributed by atoms with Gasteiger partial charge in [0, 0.05) is 6.72 Å². The van der Waals surface area contributed by atoms with Gasteiger partial charge in [0.05, 0.1) is 17.6 Å². The highest BCUT2D eigenvalue weighted by Crippen LogP contribution is 2.21. The Morgan fingerprint density at radius 2 is 2.17 bits per heavy atom.